The Balaban J connectivity index is 1.26. The van der Waals surface area contributed by atoms with E-state index in [4.69, 9.17) is 9.68 Å². The predicted molar refractivity (Wildman–Crippen MR) is 142 cm³/mol. The van der Waals surface area contributed by atoms with Crippen LogP contribution in [-0.2, 0) is 0 Å². The second kappa shape index (κ2) is 11.6. The van der Waals surface area contributed by atoms with Crippen LogP contribution in [0.2, 0.25) is 0 Å². The molecule has 0 spiro atoms. The van der Waals surface area contributed by atoms with Crippen LogP contribution in [0.25, 0.3) is 0 Å². The van der Waals surface area contributed by atoms with E-state index in [0.29, 0.717) is 41.4 Å². The highest BCUT2D eigenvalue weighted by molar-refractivity contribution is 5.98. The zero-order valence-corrected chi connectivity index (χ0v) is 19.7. The number of nitrogens with zero attached hydrogens (tertiary/aromatic N) is 4. The molecular formula is C28H23FN6O2. The fourth-order valence-corrected chi connectivity index (χ4v) is 3.44. The van der Waals surface area contributed by atoms with Gasteiger partial charge in [-0.1, -0.05) is 58.9 Å². The molecule has 8 nitrogen and oxygen atoms in total. The van der Waals surface area contributed by atoms with E-state index in [9.17, 15) is 4.39 Å². The Morgan fingerprint density at radius 3 is 1.84 bits per heavy atom. The third kappa shape index (κ3) is 6.76. The minimum Gasteiger partial charge on any atom is -0.357 e. The monoisotopic (exact) mass is 494 g/mol. The number of benzene rings is 2. The van der Waals surface area contributed by atoms with Crippen molar-refractivity contribution in [3.63, 3.8) is 0 Å². The lowest BCUT2D eigenvalue weighted by Gasteiger charge is -2.14. The Hall–Kier alpha value is -5.05. The van der Waals surface area contributed by atoms with Gasteiger partial charge >= 0.3 is 0 Å². The first kappa shape index (κ1) is 23.7. The van der Waals surface area contributed by atoms with Crippen LogP contribution in [0.1, 0.15) is 12.8 Å². The summed E-state index contributed by atoms with van der Waals surface area (Å²) >= 11 is 0. The summed E-state index contributed by atoms with van der Waals surface area (Å²) in [6.07, 6.45) is 13.5. The first-order valence-corrected chi connectivity index (χ1v) is 11.6. The average Bonchev–Trinajstić information content (AvgIpc) is 2.94. The molecule has 0 radical (unpaired) electrons. The van der Waals surface area contributed by atoms with Crippen molar-refractivity contribution in [3.8, 4) is 11.5 Å². The SMILES string of the molecule is Fc1cnc(NC2=CC(=NOc3ccccc3)CC=C2)nc1NC1=CC(=NOc2ccccc2)CC=C1. The Bertz CT molecular complexity index is 1430. The molecule has 0 unspecified atom stereocenters. The fraction of sp³-hybridized carbons (Fsp3) is 0.0714. The van der Waals surface area contributed by atoms with E-state index in [2.05, 4.69) is 30.9 Å². The van der Waals surface area contributed by atoms with Gasteiger partial charge in [0.1, 0.15) is 0 Å². The lowest BCUT2D eigenvalue weighted by Crippen LogP contribution is -2.12. The van der Waals surface area contributed by atoms with Gasteiger partial charge < -0.3 is 20.3 Å². The molecule has 2 N–H and O–H groups in total. The molecule has 9 heteroatoms. The largest absolute Gasteiger partial charge is 0.357 e. The third-order valence-electron chi connectivity index (χ3n) is 5.18. The van der Waals surface area contributed by atoms with Gasteiger partial charge in [-0.25, -0.2) is 9.37 Å². The Morgan fingerprint density at radius 1 is 0.730 bits per heavy atom. The topological polar surface area (TPSA) is 93.0 Å². The van der Waals surface area contributed by atoms with Crippen LogP contribution < -0.4 is 20.3 Å². The average molecular weight is 495 g/mol. The highest BCUT2D eigenvalue weighted by Crippen LogP contribution is 2.19. The lowest BCUT2D eigenvalue weighted by atomic mass is 10.1. The molecule has 0 amide bonds. The molecule has 0 fully saturated rings. The maximum Gasteiger partial charge on any atom is 0.229 e. The minimum absolute atomic E-state index is 0.0281. The smallest absolute Gasteiger partial charge is 0.229 e. The van der Waals surface area contributed by atoms with Gasteiger partial charge in [0.2, 0.25) is 5.95 Å². The highest BCUT2D eigenvalue weighted by Gasteiger charge is 2.12. The van der Waals surface area contributed by atoms with Gasteiger partial charge in [-0.05, 0) is 48.6 Å². The van der Waals surface area contributed by atoms with Crippen molar-refractivity contribution in [1.29, 1.82) is 0 Å². The van der Waals surface area contributed by atoms with Gasteiger partial charge in [0, 0.05) is 24.2 Å². The molecule has 0 bridgehead atoms. The standard InChI is InChI=1S/C28H23FN6O2/c29-26-19-30-28(32-21-10-8-12-23(18-21)35-37-25-15-5-2-6-16-25)33-27(26)31-20-9-7-11-22(17-20)34-36-24-13-3-1-4-14-24/h1-10,13-19H,11-12H2,(H2,30,31,32,33). The number of halogens is 1. The van der Waals surface area contributed by atoms with E-state index in [1.807, 2.05) is 91.0 Å². The number of anilines is 2. The van der Waals surface area contributed by atoms with E-state index in [1.54, 1.807) is 6.08 Å². The third-order valence-corrected chi connectivity index (χ3v) is 5.18. The predicted octanol–water partition coefficient (Wildman–Crippen LogP) is 6.00. The summed E-state index contributed by atoms with van der Waals surface area (Å²) < 4.78 is 14.5. The molecule has 1 heterocycles. The second-order valence-electron chi connectivity index (χ2n) is 8.03. The van der Waals surface area contributed by atoms with Gasteiger partial charge in [0.15, 0.2) is 23.1 Å². The number of aromatic nitrogens is 2. The van der Waals surface area contributed by atoms with Crippen molar-refractivity contribution < 1.29 is 14.1 Å². The van der Waals surface area contributed by atoms with Crippen LogP contribution >= 0.6 is 0 Å². The van der Waals surface area contributed by atoms with Gasteiger partial charge in [-0.2, -0.15) is 4.98 Å². The van der Waals surface area contributed by atoms with E-state index in [1.165, 1.54) is 0 Å². The molecule has 1 aromatic heterocycles. The molecule has 3 aromatic rings. The molecule has 0 aliphatic heterocycles. The van der Waals surface area contributed by atoms with Gasteiger partial charge in [-0.3, -0.25) is 0 Å². The Kier molecular flexibility index (Phi) is 7.42. The molecular weight excluding hydrogens is 471 g/mol. The summed E-state index contributed by atoms with van der Waals surface area (Å²) in [7, 11) is 0. The molecule has 184 valence electrons. The normalized spacial score (nSPS) is 16.8. The van der Waals surface area contributed by atoms with Crippen molar-refractivity contribution in [2.45, 2.75) is 12.8 Å². The molecule has 5 rings (SSSR count). The van der Waals surface area contributed by atoms with Gasteiger partial charge in [-0.15, -0.1) is 0 Å². The number of para-hydroxylation sites is 2. The summed E-state index contributed by atoms with van der Waals surface area (Å²) in [5.74, 6) is 0.954. The number of hydrogen-bond acceptors (Lipinski definition) is 8. The van der Waals surface area contributed by atoms with E-state index < -0.39 is 5.82 Å². The molecule has 0 atom stereocenters. The number of allylic oxidation sites excluding steroid dienone is 6. The van der Waals surface area contributed by atoms with Crippen molar-refractivity contribution in [2.75, 3.05) is 10.6 Å². The first-order valence-electron chi connectivity index (χ1n) is 11.6. The molecule has 0 saturated carbocycles. The van der Waals surface area contributed by atoms with Gasteiger partial charge in [0.05, 0.1) is 17.6 Å². The number of rotatable bonds is 8. The Labute approximate surface area is 213 Å². The summed E-state index contributed by atoms with van der Waals surface area (Å²) in [5, 5.41) is 14.5. The maximum atomic E-state index is 14.5. The quantitative estimate of drug-likeness (QED) is 0.373. The van der Waals surface area contributed by atoms with Crippen molar-refractivity contribution in [3.05, 3.63) is 121 Å². The highest BCUT2D eigenvalue weighted by atomic mass is 19.1. The number of hydrogen-bond donors (Lipinski definition) is 2. The van der Waals surface area contributed by atoms with E-state index >= 15 is 0 Å². The fourth-order valence-electron chi connectivity index (χ4n) is 3.44. The molecule has 2 aromatic carbocycles. The molecule has 37 heavy (non-hydrogen) atoms. The summed E-state index contributed by atoms with van der Waals surface area (Å²) in [6.45, 7) is 0. The van der Waals surface area contributed by atoms with Gasteiger partial charge in [0.25, 0.3) is 0 Å². The van der Waals surface area contributed by atoms with Crippen LogP contribution in [0.3, 0.4) is 0 Å². The number of nitrogens with one attached hydrogen (secondary N) is 2. The molecule has 2 aliphatic carbocycles. The maximum absolute atomic E-state index is 14.5. The molecule has 0 saturated heterocycles. The zero-order chi connectivity index (χ0) is 25.3. The lowest BCUT2D eigenvalue weighted by molar-refractivity contribution is 0.341. The summed E-state index contributed by atoms with van der Waals surface area (Å²) in [4.78, 5) is 19.3. The van der Waals surface area contributed by atoms with Crippen molar-refractivity contribution >= 4 is 23.2 Å². The summed E-state index contributed by atoms with van der Waals surface area (Å²) in [5.41, 5.74) is 2.72. The van der Waals surface area contributed by atoms with Crippen LogP contribution in [0.4, 0.5) is 16.2 Å². The first-order chi connectivity index (χ1) is 18.2. The van der Waals surface area contributed by atoms with E-state index in [0.717, 1.165) is 11.9 Å². The van der Waals surface area contributed by atoms with Crippen LogP contribution in [0.15, 0.2) is 125 Å². The van der Waals surface area contributed by atoms with Crippen LogP contribution in [-0.4, -0.2) is 21.4 Å². The van der Waals surface area contributed by atoms with Crippen molar-refractivity contribution in [2.24, 2.45) is 10.3 Å². The Morgan fingerprint density at radius 2 is 1.27 bits per heavy atom. The second-order valence-corrected chi connectivity index (χ2v) is 8.03. The minimum atomic E-state index is -0.587. The number of oxime groups is 2. The zero-order valence-electron chi connectivity index (χ0n) is 19.7. The molecule has 2 aliphatic rings. The van der Waals surface area contributed by atoms with Crippen LogP contribution in [0.5, 0.6) is 11.5 Å². The van der Waals surface area contributed by atoms with Crippen molar-refractivity contribution in [1.82, 2.24) is 9.97 Å². The summed E-state index contributed by atoms with van der Waals surface area (Å²) in [6, 6.07) is 18.6. The van der Waals surface area contributed by atoms with E-state index in [-0.39, 0.29) is 11.8 Å². The van der Waals surface area contributed by atoms with Crippen LogP contribution in [0, 0.1) is 5.82 Å².